The minimum Gasteiger partial charge on any atom is -0.370 e. The van der Waals surface area contributed by atoms with Crippen LogP contribution in [0.2, 0.25) is 0 Å². The van der Waals surface area contributed by atoms with E-state index < -0.39 is 11.2 Å². The summed E-state index contributed by atoms with van der Waals surface area (Å²) in [6, 6.07) is 12.4. The number of benzene rings is 2. The Morgan fingerprint density at radius 3 is 1.54 bits per heavy atom. The Hall–Kier alpha value is -3.26. The summed E-state index contributed by atoms with van der Waals surface area (Å²) in [4.78, 5) is 24.8. The van der Waals surface area contributed by atoms with Gasteiger partial charge in [0, 0.05) is 0 Å². The van der Waals surface area contributed by atoms with Crippen LogP contribution in [-0.2, 0) is 35.0 Å². The van der Waals surface area contributed by atoms with E-state index in [2.05, 4.69) is 35.9 Å². The molecule has 0 aliphatic carbocycles. The van der Waals surface area contributed by atoms with Gasteiger partial charge >= 0.3 is 0 Å². The van der Waals surface area contributed by atoms with Crippen LogP contribution in [0.15, 0.2) is 61.7 Å². The van der Waals surface area contributed by atoms with E-state index in [1.165, 1.54) is 12.2 Å². The van der Waals surface area contributed by atoms with Crippen LogP contribution < -0.4 is 10.6 Å². The van der Waals surface area contributed by atoms with Crippen molar-refractivity contribution in [3.63, 3.8) is 0 Å². The fourth-order valence-corrected chi connectivity index (χ4v) is 5.00. The summed E-state index contributed by atoms with van der Waals surface area (Å²) in [5.41, 5.74) is 3.86. The van der Waals surface area contributed by atoms with Crippen LogP contribution in [0.25, 0.3) is 0 Å². The second-order valence-corrected chi connectivity index (χ2v) is 10.0. The highest BCUT2D eigenvalue weighted by atomic mass is 16.6. The zero-order valence-electron chi connectivity index (χ0n) is 22.1. The van der Waals surface area contributed by atoms with Crippen LogP contribution >= 0.6 is 0 Å². The molecule has 0 aromatic heterocycles. The molecule has 37 heavy (non-hydrogen) atoms. The molecule has 196 valence electrons. The topological polar surface area (TPSA) is 92.5 Å². The van der Waals surface area contributed by atoms with Gasteiger partial charge in [-0.1, -0.05) is 60.7 Å². The van der Waals surface area contributed by atoms with Crippen molar-refractivity contribution in [3.8, 4) is 0 Å². The molecule has 2 saturated heterocycles. The molecule has 2 aromatic rings. The molecule has 0 spiro atoms. The molecule has 2 aliphatic heterocycles. The first-order chi connectivity index (χ1) is 17.6. The number of carbonyl (C=O) groups is 2. The highest BCUT2D eigenvalue weighted by Crippen LogP contribution is 2.49. The zero-order chi connectivity index (χ0) is 26.8. The van der Waals surface area contributed by atoms with E-state index in [1.807, 2.05) is 52.0 Å². The maximum atomic E-state index is 12.4. The van der Waals surface area contributed by atoms with Crippen molar-refractivity contribution in [2.45, 2.75) is 51.1 Å². The minimum absolute atomic E-state index is 0.154. The summed E-state index contributed by atoms with van der Waals surface area (Å²) in [6.07, 6.45) is 1.87. The molecule has 7 heteroatoms. The molecule has 7 nitrogen and oxygen atoms in total. The van der Waals surface area contributed by atoms with Crippen LogP contribution in [0.1, 0.15) is 33.4 Å². The van der Waals surface area contributed by atoms with E-state index in [9.17, 15) is 9.59 Å². The molecule has 0 bridgehead atoms. The number of ether oxygens (including phenoxy) is 3. The summed E-state index contributed by atoms with van der Waals surface area (Å²) >= 11 is 0. The molecule has 2 aliphatic rings. The third-order valence-electron chi connectivity index (χ3n) is 7.19. The van der Waals surface area contributed by atoms with Crippen LogP contribution in [0.5, 0.6) is 0 Å². The third kappa shape index (κ3) is 5.54. The monoisotopic (exact) mass is 504 g/mol. The number of rotatable bonds is 12. The highest BCUT2D eigenvalue weighted by molar-refractivity contribution is 5.87. The number of aryl methyl sites for hydroxylation is 4. The van der Waals surface area contributed by atoms with Gasteiger partial charge < -0.3 is 24.8 Å². The highest BCUT2D eigenvalue weighted by Gasteiger charge is 2.60. The number of carbonyl (C=O) groups excluding carboxylic acids is 2. The van der Waals surface area contributed by atoms with Gasteiger partial charge in [-0.25, -0.2) is 0 Å². The first-order valence-electron chi connectivity index (χ1n) is 12.5. The van der Waals surface area contributed by atoms with E-state index in [4.69, 9.17) is 14.2 Å². The van der Waals surface area contributed by atoms with Crippen molar-refractivity contribution in [1.82, 2.24) is 10.6 Å². The largest absolute Gasteiger partial charge is 0.370 e. The minimum atomic E-state index is -1.06. The van der Waals surface area contributed by atoms with Crippen LogP contribution in [0.4, 0.5) is 0 Å². The van der Waals surface area contributed by atoms with Crippen molar-refractivity contribution >= 4 is 11.8 Å². The lowest BCUT2D eigenvalue weighted by molar-refractivity contribution is -0.186. The van der Waals surface area contributed by atoms with Gasteiger partial charge in [-0.3, -0.25) is 9.59 Å². The number of epoxide rings is 2. The lowest BCUT2D eigenvalue weighted by Crippen LogP contribution is -2.57. The normalized spacial score (nSPS) is 21.2. The van der Waals surface area contributed by atoms with Gasteiger partial charge in [0.15, 0.2) is 0 Å². The smallest absolute Gasteiger partial charge is 0.243 e. The average Bonchev–Trinajstić information content (AvgIpc) is 3.79. The fourth-order valence-electron chi connectivity index (χ4n) is 5.00. The van der Waals surface area contributed by atoms with Gasteiger partial charge in [-0.2, -0.15) is 0 Å². The summed E-state index contributed by atoms with van der Waals surface area (Å²) in [6.45, 7) is 16.6. The Balaban J connectivity index is 1.93. The summed E-state index contributed by atoms with van der Waals surface area (Å²) in [5.74, 6) is -0.613. The Labute approximate surface area is 218 Å². The van der Waals surface area contributed by atoms with E-state index >= 15 is 0 Å². The van der Waals surface area contributed by atoms with Crippen molar-refractivity contribution in [3.05, 3.63) is 95.1 Å². The Bertz CT molecular complexity index is 1120. The molecule has 4 rings (SSSR count). The molecule has 4 atom stereocenters. The molecule has 2 heterocycles. The number of hydrogen-bond acceptors (Lipinski definition) is 5. The van der Waals surface area contributed by atoms with Crippen LogP contribution in [0.3, 0.4) is 0 Å². The molecular formula is C30H36N2O5. The van der Waals surface area contributed by atoms with E-state index in [1.54, 1.807) is 0 Å². The molecule has 2 fully saturated rings. The number of nitrogens with one attached hydrogen (secondary N) is 2. The Kier molecular flexibility index (Phi) is 7.69. The van der Waals surface area contributed by atoms with Crippen LogP contribution in [0, 0.1) is 27.7 Å². The van der Waals surface area contributed by atoms with Gasteiger partial charge in [0.25, 0.3) is 0 Å². The molecule has 4 unspecified atom stereocenters. The van der Waals surface area contributed by atoms with Crippen molar-refractivity contribution in [2.24, 2.45) is 0 Å². The lowest BCUT2D eigenvalue weighted by Gasteiger charge is -2.45. The van der Waals surface area contributed by atoms with E-state index in [0.717, 1.165) is 33.4 Å². The fraction of sp³-hybridized carbons (Fsp3) is 0.400. The molecule has 2 aromatic carbocycles. The predicted molar refractivity (Wildman–Crippen MR) is 142 cm³/mol. The Morgan fingerprint density at radius 1 is 0.838 bits per heavy atom. The first kappa shape index (κ1) is 26.8. The predicted octanol–water partition coefficient (Wildman–Crippen LogP) is 3.43. The third-order valence-corrected chi connectivity index (χ3v) is 7.19. The molecular weight excluding hydrogens is 468 g/mol. The quantitative estimate of drug-likeness (QED) is 0.341. The van der Waals surface area contributed by atoms with E-state index in [0.29, 0.717) is 13.2 Å². The molecule has 0 saturated carbocycles. The van der Waals surface area contributed by atoms with Crippen molar-refractivity contribution in [1.29, 1.82) is 0 Å². The van der Waals surface area contributed by atoms with Gasteiger partial charge in [0.1, 0.15) is 23.4 Å². The average molecular weight is 505 g/mol. The zero-order valence-corrected chi connectivity index (χ0v) is 22.1. The molecule has 2 N–H and O–H groups in total. The Morgan fingerprint density at radius 2 is 1.22 bits per heavy atom. The van der Waals surface area contributed by atoms with E-state index in [-0.39, 0.29) is 37.1 Å². The number of hydrogen-bond donors (Lipinski definition) is 2. The summed E-state index contributed by atoms with van der Waals surface area (Å²) < 4.78 is 19.2. The van der Waals surface area contributed by atoms with Crippen molar-refractivity contribution in [2.75, 3.05) is 26.3 Å². The molecule has 2 amide bonds. The van der Waals surface area contributed by atoms with Gasteiger partial charge in [0.05, 0.1) is 26.3 Å². The first-order valence-corrected chi connectivity index (χ1v) is 12.5. The summed E-state index contributed by atoms with van der Waals surface area (Å²) in [7, 11) is 0. The SMILES string of the molecule is C=CC(=O)NCC(OC(CNC(=O)C=C)(c1cc(C)ccc1C)C1CO1)(c1cc(C)ccc1C)C1CO1. The van der Waals surface area contributed by atoms with Crippen LogP contribution in [-0.4, -0.2) is 50.3 Å². The van der Waals surface area contributed by atoms with Gasteiger partial charge in [0.2, 0.25) is 11.8 Å². The summed E-state index contributed by atoms with van der Waals surface area (Å²) in [5, 5.41) is 5.94. The molecule has 0 radical (unpaired) electrons. The lowest BCUT2D eigenvalue weighted by atomic mass is 9.81. The van der Waals surface area contributed by atoms with Gasteiger partial charge in [-0.15, -0.1) is 0 Å². The standard InChI is InChI=1S/C30H36N2O5/c1-7-27(33)31-17-29(25-15-35-25,23-13-19(3)9-11-21(23)5)37-30(26-16-36-26,18-32-28(34)8-2)24-14-20(4)10-12-22(24)6/h7-14,25-26H,1-2,15-18H2,3-6H3,(H,31,33)(H,32,34). The second kappa shape index (κ2) is 10.6. The maximum absolute atomic E-state index is 12.4. The second-order valence-electron chi connectivity index (χ2n) is 10.0. The van der Waals surface area contributed by atoms with Gasteiger partial charge in [-0.05, 0) is 62.1 Å². The van der Waals surface area contributed by atoms with Crippen molar-refractivity contribution < 1.29 is 23.8 Å². The number of amides is 2. The maximum Gasteiger partial charge on any atom is 0.243 e.